The van der Waals surface area contributed by atoms with Crippen LogP contribution in [0.3, 0.4) is 0 Å². The number of rotatable bonds is 25. The van der Waals surface area contributed by atoms with Gasteiger partial charge in [-0.3, -0.25) is 0 Å². The molecular formula is C22H50N4S2. The highest BCUT2D eigenvalue weighted by molar-refractivity contribution is 8.76. The molecule has 0 bridgehead atoms. The van der Waals surface area contributed by atoms with Crippen molar-refractivity contribution >= 4 is 21.6 Å². The fraction of sp³-hybridized carbons (Fsp3) is 1.00. The summed E-state index contributed by atoms with van der Waals surface area (Å²) in [6.07, 6.45) is 18.7. The van der Waals surface area contributed by atoms with E-state index in [2.05, 4.69) is 10.6 Å². The first-order valence-electron chi connectivity index (χ1n) is 12.0. The van der Waals surface area contributed by atoms with Crippen molar-refractivity contribution in [2.75, 3.05) is 50.8 Å². The summed E-state index contributed by atoms with van der Waals surface area (Å²) in [6, 6.07) is 0. The third kappa shape index (κ3) is 26.5. The lowest BCUT2D eigenvalue weighted by molar-refractivity contribution is 0.565. The summed E-state index contributed by atoms with van der Waals surface area (Å²) >= 11 is 0. The predicted molar refractivity (Wildman–Crippen MR) is 133 cm³/mol. The average Bonchev–Trinajstić information content (AvgIpc) is 2.71. The van der Waals surface area contributed by atoms with Gasteiger partial charge < -0.3 is 22.1 Å². The van der Waals surface area contributed by atoms with E-state index >= 15 is 0 Å². The fourth-order valence-electron chi connectivity index (χ4n) is 3.15. The molecule has 0 fully saturated rings. The van der Waals surface area contributed by atoms with Gasteiger partial charge in [0.05, 0.1) is 0 Å². The molecule has 0 aromatic heterocycles. The maximum atomic E-state index is 5.51. The van der Waals surface area contributed by atoms with Gasteiger partial charge in [-0.05, 0) is 51.9 Å². The zero-order chi connectivity index (χ0) is 20.4. The molecular weight excluding hydrogens is 384 g/mol. The molecule has 0 saturated heterocycles. The van der Waals surface area contributed by atoms with E-state index in [0.29, 0.717) is 0 Å². The molecule has 0 radical (unpaired) electrons. The zero-order valence-electron chi connectivity index (χ0n) is 18.5. The van der Waals surface area contributed by atoms with Gasteiger partial charge in [0.1, 0.15) is 0 Å². The first kappa shape index (κ1) is 28.5. The maximum absolute atomic E-state index is 5.51. The van der Waals surface area contributed by atoms with Crippen LogP contribution in [0.4, 0.5) is 0 Å². The van der Waals surface area contributed by atoms with Crippen molar-refractivity contribution in [3.8, 4) is 0 Å². The predicted octanol–water partition coefficient (Wildman–Crippen LogP) is 4.93. The molecule has 6 N–H and O–H groups in total. The Hall–Kier alpha value is 0.540. The fourth-order valence-corrected chi connectivity index (χ4v) is 5.05. The van der Waals surface area contributed by atoms with E-state index in [1.165, 1.54) is 114 Å². The van der Waals surface area contributed by atoms with Crippen molar-refractivity contribution < 1.29 is 0 Å². The largest absolute Gasteiger partial charge is 0.330 e. The topological polar surface area (TPSA) is 76.1 Å². The third-order valence-corrected chi connectivity index (χ3v) is 7.33. The summed E-state index contributed by atoms with van der Waals surface area (Å²) in [7, 11) is 4.02. The highest BCUT2D eigenvalue weighted by Gasteiger charge is 1.95. The van der Waals surface area contributed by atoms with Gasteiger partial charge in [-0.2, -0.15) is 0 Å². The van der Waals surface area contributed by atoms with E-state index < -0.39 is 0 Å². The molecule has 0 aliphatic rings. The van der Waals surface area contributed by atoms with Gasteiger partial charge in [0.25, 0.3) is 0 Å². The Bertz CT molecular complexity index is 245. The lowest BCUT2D eigenvalue weighted by Crippen LogP contribution is -2.19. The van der Waals surface area contributed by atoms with Crippen LogP contribution < -0.4 is 22.1 Å². The molecule has 0 spiro atoms. The highest BCUT2D eigenvalue weighted by atomic mass is 33.1. The molecule has 0 aliphatic carbocycles. The Labute approximate surface area is 184 Å². The molecule has 0 aromatic carbocycles. The van der Waals surface area contributed by atoms with Crippen LogP contribution in [0.2, 0.25) is 0 Å². The lowest BCUT2D eigenvalue weighted by Gasteiger charge is -2.06. The minimum atomic E-state index is 0.854. The second-order valence-corrected chi connectivity index (χ2v) is 10.4. The normalized spacial score (nSPS) is 11.4. The van der Waals surface area contributed by atoms with Gasteiger partial charge in [-0.25, -0.2) is 0 Å². The van der Waals surface area contributed by atoms with Crippen LogP contribution in [-0.4, -0.2) is 50.8 Å². The Balaban J connectivity index is 2.96. The highest BCUT2D eigenvalue weighted by Crippen LogP contribution is 2.19. The second-order valence-electron chi connectivity index (χ2n) is 7.67. The molecule has 0 aliphatic heterocycles. The van der Waals surface area contributed by atoms with Crippen molar-refractivity contribution in [1.82, 2.24) is 10.6 Å². The first-order valence-corrected chi connectivity index (χ1v) is 14.5. The standard InChI is InChI=1S/C22H50N4S2/c23-15-11-7-3-1-5-9-13-17-25-19-21-27-28-22-20-26-18-14-10-6-2-4-8-12-16-24/h25-26H,1-24H2. The molecule has 6 heteroatoms. The van der Waals surface area contributed by atoms with Crippen LogP contribution >= 0.6 is 21.6 Å². The quantitative estimate of drug-likeness (QED) is 0.121. The lowest BCUT2D eigenvalue weighted by atomic mass is 10.1. The van der Waals surface area contributed by atoms with Crippen LogP contribution in [0.5, 0.6) is 0 Å². The van der Waals surface area contributed by atoms with Crippen LogP contribution in [0.15, 0.2) is 0 Å². The number of hydrogen-bond acceptors (Lipinski definition) is 6. The first-order chi connectivity index (χ1) is 13.9. The Kier molecular flexibility index (Phi) is 28.1. The summed E-state index contributed by atoms with van der Waals surface area (Å²) in [4.78, 5) is 0. The van der Waals surface area contributed by atoms with Gasteiger partial charge >= 0.3 is 0 Å². The van der Waals surface area contributed by atoms with Gasteiger partial charge in [-0.1, -0.05) is 85.8 Å². The molecule has 28 heavy (non-hydrogen) atoms. The molecule has 0 atom stereocenters. The van der Waals surface area contributed by atoms with E-state index in [1.54, 1.807) is 0 Å². The van der Waals surface area contributed by atoms with Crippen LogP contribution in [0.1, 0.15) is 89.9 Å². The van der Waals surface area contributed by atoms with Crippen molar-refractivity contribution in [2.45, 2.75) is 89.9 Å². The molecule has 4 nitrogen and oxygen atoms in total. The minimum Gasteiger partial charge on any atom is -0.330 e. The minimum absolute atomic E-state index is 0.854. The summed E-state index contributed by atoms with van der Waals surface area (Å²) in [5, 5.41) is 7.14. The monoisotopic (exact) mass is 434 g/mol. The SMILES string of the molecule is NCCCCCCCCCNCCSSCCNCCCCCCCCCN. The van der Waals surface area contributed by atoms with Gasteiger partial charge in [0, 0.05) is 24.6 Å². The summed E-state index contributed by atoms with van der Waals surface area (Å²) in [5.41, 5.74) is 11.0. The van der Waals surface area contributed by atoms with E-state index in [0.717, 1.165) is 26.2 Å². The Morgan fingerprint density at radius 3 is 1.07 bits per heavy atom. The number of nitrogens with two attached hydrogens (primary N) is 2. The summed E-state index contributed by atoms with van der Waals surface area (Å²) < 4.78 is 0. The Morgan fingerprint density at radius 2 is 0.714 bits per heavy atom. The van der Waals surface area contributed by atoms with Gasteiger partial charge in [0.2, 0.25) is 0 Å². The van der Waals surface area contributed by atoms with Crippen LogP contribution in [0.25, 0.3) is 0 Å². The molecule has 0 unspecified atom stereocenters. The average molecular weight is 435 g/mol. The molecule has 0 heterocycles. The van der Waals surface area contributed by atoms with E-state index in [-0.39, 0.29) is 0 Å². The number of unbranched alkanes of at least 4 members (excludes halogenated alkanes) is 12. The maximum Gasteiger partial charge on any atom is 0.0162 e. The summed E-state index contributed by atoms with van der Waals surface area (Å²) in [5.74, 6) is 2.43. The molecule has 0 aromatic rings. The zero-order valence-corrected chi connectivity index (χ0v) is 20.2. The number of nitrogens with one attached hydrogen (secondary N) is 2. The second kappa shape index (κ2) is 27.5. The Morgan fingerprint density at radius 1 is 0.393 bits per heavy atom. The van der Waals surface area contributed by atoms with Crippen molar-refractivity contribution in [3.63, 3.8) is 0 Å². The molecule has 0 saturated carbocycles. The smallest absolute Gasteiger partial charge is 0.0162 e. The van der Waals surface area contributed by atoms with Gasteiger partial charge in [-0.15, -0.1) is 0 Å². The molecule has 0 amide bonds. The van der Waals surface area contributed by atoms with Crippen molar-refractivity contribution in [1.29, 1.82) is 0 Å². The van der Waals surface area contributed by atoms with E-state index in [1.807, 2.05) is 21.6 Å². The van der Waals surface area contributed by atoms with Crippen molar-refractivity contribution in [3.05, 3.63) is 0 Å². The van der Waals surface area contributed by atoms with Crippen LogP contribution in [-0.2, 0) is 0 Å². The van der Waals surface area contributed by atoms with E-state index in [4.69, 9.17) is 11.5 Å². The van der Waals surface area contributed by atoms with Gasteiger partial charge in [0.15, 0.2) is 0 Å². The van der Waals surface area contributed by atoms with Crippen molar-refractivity contribution in [2.24, 2.45) is 11.5 Å². The van der Waals surface area contributed by atoms with Crippen LogP contribution in [0, 0.1) is 0 Å². The van der Waals surface area contributed by atoms with E-state index in [9.17, 15) is 0 Å². The number of hydrogen-bond donors (Lipinski definition) is 4. The molecule has 0 rings (SSSR count). The third-order valence-electron chi connectivity index (χ3n) is 4.92. The summed E-state index contributed by atoms with van der Waals surface area (Å²) in [6.45, 7) is 6.37. The molecule has 170 valence electrons.